The number of benzene rings is 2. The van der Waals surface area contributed by atoms with E-state index in [2.05, 4.69) is 10.3 Å². The monoisotopic (exact) mass is 409 g/mol. The zero-order valence-corrected chi connectivity index (χ0v) is 16.3. The number of carbonyl (C=O) groups excluding carboxylic acids is 1. The second-order valence-corrected chi connectivity index (χ2v) is 7.00. The lowest BCUT2D eigenvalue weighted by atomic mass is 10.1. The number of rotatable bonds is 3. The Morgan fingerprint density at radius 1 is 1.00 bits per heavy atom. The summed E-state index contributed by atoms with van der Waals surface area (Å²) in [6.45, 7) is 3.32. The van der Waals surface area contributed by atoms with Crippen molar-refractivity contribution >= 4 is 22.5 Å². The third kappa shape index (κ3) is 3.54. The number of aromatic nitrogens is 2. The zero-order chi connectivity index (χ0) is 21.5. The quantitative estimate of drug-likeness (QED) is 0.457. The number of amides is 1. The molecule has 0 bridgehead atoms. The molecule has 7 heteroatoms. The maximum atomic E-state index is 13.5. The van der Waals surface area contributed by atoms with E-state index < -0.39 is 11.7 Å². The molecule has 4 aromatic rings. The maximum Gasteiger partial charge on any atom is 0.418 e. The minimum atomic E-state index is -4.50. The summed E-state index contributed by atoms with van der Waals surface area (Å²) in [6, 6.07) is 16.0. The van der Waals surface area contributed by atoms with Crippen molar-refractivity contribution in [3.63, 3.8) is 0 Å². The van der Waals surface area contributed by atoms with Crippen molar-refractivity contribution < 1.29 is 18.0 Å². The van der Waals surface area contributed by atoms with Crippen molar-refractivity contribution in [2.75, 3.05) is 5.32 Å². The Labute approximate surface area is 171 Å². The van der Waals surface area contributed by atoms with Crippen molar-refractivity contribution in [3.05, 3.63) is 89.4 Å². The van der Waals surface area contributed by atoms with Crippen molar-refractivity contribution in [3.8, 4) is 5.69 Å². The molecule has 0 saturated heterocycles. The Balaban J connectivity index is 1.71. The number of pyridine rings is 1. The van der Waals surface area contributed by atoms with Gasteiger partial charge in [-0.15, -0.1) is 0 Å². The van der Waals surface area contributed by atoms with Crippen LogP contribution in [0.5, 0.6) is 0 Å². The summed E-state index contributed by atoms with van der Waals surface area (Å²) < 4.78 is 41.9. The summed E-state index contributed by atoms with van der Waals surface area (Å²) in [7, 11) is 0. The normalized spacial score (nSPS) is 11.6. The first-order valence-corrected chi connectivity index (χ1v) is 9.27. The van der Waals surface area contributed by atoms with Crippen molar-refractivity contribution in [2.24, 2.45) is 0 Å². The number of aryl methyl sites for hydroxylation is 1. The van der Waals surface area contributed by atoms with E-state index >= 15 is 0 Å². The Hall–Kier alpha value is -3.61. The fraction of sp³-hybridized carbons (Fsp3) is 0.130. The van der Waals surface area contributed by atoms with Gasteiger partial charge in [-0.3, -0.25) is 9.78 Å². The van der Waals surface area contributed by atoms with Gasteiger partial charge < -0.3 is 9.88 Å². The summed E-state index contributed by atoms with van der Waals surface area (Å²) in [5.41, 5.74) is 1.92. The van der Waals surface area contributed by atoms with Crippen LogP contribution >= 0.6 is 0 Å². The molecular weight excluding hydrogens is 391 g/mol. The molecule has 2 aromatic heterocycles. The molecule has 4 nitrogen and oxygen atoms in total. The smallest absolute Gasteiger partial charge is 0.322 e. The van der Waals surface area contributed by atoms with Crippen LogP contribution in [0.1, 0.15) is 27.3 Å². The highest BCUT2D eigenvalue weighted by Gasteiger charge is 2.34. The third-order valence-electron chi connectivity index (χ3n) is 4.99. The molecule has 0 aliphatic heterocycles. The summed E-state index contributed by atoms with van der Waals surface area (Å²) in [4.78, 5) is 17.1. The molecule has 30 heavy (non-hydrogen) atoms. The number of halogens is 3. The van der Waals surface area contributed by atoms with E-state index in [1.54, 1.807) is 56.4 Å². The number of nitrogens with one attached hydrogen (secondary N) is 1. The molecule has 0 saturated carbocycles. The average Bonchev–Trinajstić information content (AvgIpc) is 3.01. The van der Waals surface area contributed by atoms with Gasteiger partial charge in [0.1, 0.15) is 0 Å². The van der Waals surface area contributed by atoms with Crippen LogP contribution in [0.2, 0.25) is 0 Å². The Bertz CT molecular complexity index is 1260. The summed E-state index contributed by atoms with van der Waals surface area (Å²) in [5.74, 6) is -0.387. The molecule has 0 atom stereocenters. The molecule has 0 unspecified atom stereocenters. The lowest BCUT2D eigenvalue weighted by Gasteiger charge is -2.16. The second-order valence-electron chi connectivity index (χ2n) is 7.00. The van der Waals surface area contributed by atoms with E-state index in [0.717, 1.165) is 17.0 Å². The molecular formula is C23H18F3N3O. The summed E-state index contributed by atoms with van der Waals surface area (Å²) >= 11 is 0. The van der Waals surface area contributed by atoms with Gasteiger partial charge in [-0.05, 0) is 56.3 Å². The van der Waals surface area contributed by atoms with Crippen LogP contribution in [-0.4, -0.2) is 15.5 Å². The standard InChI is InChI=1S/C23H18F3N3O/c1-14-12-18(15(2)29(14)21-8-4-3-7-19(21)23(24,25)26)22(30)28-17-9-10-20-16(13-17)6-5-11-27-20/h3-13H,1-2H3,(H,28,30). The Morgan fingerprint density at radius 3 is 2.53 bits per heavy atom. The van der Waals surface area contributed by atoms with E-state index in [9.17, 15) is 18.0 Å². The number of fused-ring (bicyclic) bond motifs is 1. The number of hydrogen-bond donors (Lipinski definition) is 1. The molecule has 2 heterocycles. The van der Waals surface area contributed by atoms with Gasteiger partial charge in [0.15, 0.2) is 0 Å². The zero-order valence-electron chi connectivity index (χ0n) is 16.3. The van der Waals surface area contributed by atoms with Crippen LogP contribution in [-0.2, 0) is 6.18 Å². The number of hydrogen-bond acceptors (Lipinski definition) is 2. The van der Waals surface area contributed by atoms with Crippen LogP contribution in [0.4, 0.5) is 18.9 Å². The van der Waals surface area contributed by atoms with Gasteiger partial charge in [-0.2, -0.15) is 13.2 Å². The van der Waals surface area contributed by atoms with E-state index in [0.29, 0.717) is 22.6 Å². The topological polar surface area (TPSA) is 46.9 Å². The summed E-state index contributed by atoms with van der Waals surface area (Å²) in [6.07, 6.45) is -2.81. The highest BCUT2D eigenvalue weighted by molar-refractivity contribution is 6.06. The summed E-state index contributed by atoms with van der Waals surface area (Å²) in [5, 5.41) is 3.70. The Kier molecular flexibility index (Phi) is 4.81. The van der Waals surface area contributed by atoms with Gasteiger partial charge in [-0.1, -0.05) is 18.2 Å². The average molecular weight is 409 g/mol. The number of alkyl halides is 3. The van der Waals surface area contributed by atoms with Crippen molar-refractivity contribution in [1.29, 1.82) is 0 Å². The predicted molar refractivity (Wildman–Crippen MR) is 110 cm³/mol. The van der Waals surface area contributed by atoms with Crippen molar-refractivity contribution in [1.82, 2.24) is 9.55 Å². The van der Waals surface area contributed by atoms with Gasteiger partial charge in [0.2, 0.25) is 0 Å². The first-order valence-electron chi connectivity index (χ1n) is 9.27. The predicted octanol–water partition coefficient (Wildman–Crippen LogP) is 5.91. The second kappa shape index (κ2) is 7.33. The van der Waals surface area contributed by atoms with Crippen LogP contribution in [0, 0.1) is 13.8 Å². The first kappa shape index (κ1) is 19.7. The first-order chi connectivity index (χ1) is 14.3. The van der Waals surface area contributed by atoms with E-state index in [-0.39, 0.29) is 11.6 Å². The molecule has 0 fully saturated rings. The molecule has 1 amide bonds. The fourth-order valence-corrected chi connectivity index (χ4v) is 3.62. The van der Waals surface area contributed by atoms with Gasteiger partial charge in [-0.25, -0.2) is 0 Å². The molecule has 4 rings (SSSR count). The molecule has 0 spiro atoms. The molecule has 152 valence electrons. The largest absolute Gasteiger partial charge is 0.418 e. The van der Waals surface area contributed by atoms with Crippen LogP contribution in [0.15, 0.2) is 66.9 Å². The SMILES string of the molecule is Cc1cc(C(=O)Nc2ccc3ncccc3c2)c(C)n1-c1ccccc1C(F)(F)F. The van der Waals surface area contributed by atoms with Gasteiger partial charge >= 0.3 is 6.18 Å². The van der Waals surface area contributed by atoms with E-state index in [4.69, 9.17) is 0 Å². The molecule has 0 radical (unpaired) electrons. The Morgan fingerprint density at radius 2 is 1.77 bits per heavy atom. The van der Waals surface area contributed by atoms with Crippen LogP contribution in [0.3, 0.4) is 0 Å². The van der Waals surface area contributed by atoms with Gasteiger partial charge in [0.05, 0.1) is 22.3 Å². The number of carbonyl (C=O) groups is 1. The number of para-hydroxylation sites is 1. The van der Waals surface area contributed by atoms with Crippen LogP contribution < -0.4 is 5.32 Å². The maximum absolute atomic E-state index is 13.5. The van der Waals surface area contributed by atoms with E-state index in [1.807, 2.05) is 6.07 Å². The fourth-order valence-electron chi connectivity index (χ4n) is 3.62. The number of nitrogens with zero attached hydrogens (tertiary/aromatic N) is 2. The van der Waals surface area contributed by atoms with Crippen LogP contribution in [0.25, 0.3) is 16.6 Å². The minimum absolute atomic E-state index is 0.00386. The number of anilines is 1. The van der Waals surface area contributed by atoms with E-state index in [1.165, 1.54) is 16.7 Å². The molecule has 0 aliphatic rings. The van der Waals surface area contributed by atoms with Crippen molar-refractivity contribution in [2.45, 2.75) is 20.0 Å². The molecule has 1 N–H and O–H groups in total. The van der Waals surface area contributed by atoms with Gasteiger partial charge in [0, 0.05) is 28.7 Å². The highest BCUT2D eigenvalue weighted by atomic mass is 19.4. The lowest BCUT2D eigenvalue weighted by Crippen LogP contribution is -2.14. The minimum Gasteiger partial charge on any atom is -0.322 e. The lowest BCUT2D eigenvalue weighted by molar-refractivity contribution is -0.137. The van der Waals surface area contributed by atoms with Gasteiger partial charge in [0.25, 0.3) is 5.91 Å². The highest BCUT2D eigenvalue weighted by Crippen LogP contribution is 2.35. The molecule has 0 aliphatic carbocycles. The molecule has 2 aromatic carbocycles. The third-order valence-corrected chi connectivity index (χ3v) is 4.99.